The minimum absolute atomic E-state index is 0.407. The van der Waals surface area contributed by atoms with Gasteiger partial charge in [-0.25, -0.2) is 0 Å². The van der Waals surface area contributed by atoms with Gasteiger partial charge in [0.05, 0.1) is 21.9 Å². The molecule has 18 heavy (non-hydrogen) atoms. The van der Waals surface area contributed by atoms with E-state index >= 15 is 0 Å². The van der Waals surface area contributed by atoms with Gasteiger partial charge in [0.1, 0.15) is 0 Å². The summed E-state index contributed by atoms with van der Waals surface area (Å²) >= 11 is 12.1. The zero-order valence-electron chi connectivity index (χ0n) is 10.9. The lowest BCUT2D eigenvalue weighted by Crippen LogP contribution is -2.41. The van der Waals surface area contributed by atoms with Crippen molar-refractivity contribution in [3.8, 4) is 0 Å². The van der Waals surface area contributed by atoms with Crippen LogP contribution in [0.1, 0.15) is 27.7 Å². The van der Waals surface area contributed by atoms with Crippen molar-refractivity contribution in [3.05, 3.63) is 22.2 Å². The first-order valence-electron chi connectivity index (χ1n) is 5.74. The first-order chi connectivity index (χ1) is 8.14. The molecule has 2 N–H and O–H groups in total. The highest BCUT2D eigenvalue weighted by atomic mass is 35.5. The molecule has 1 aliphatic rings. The maximum absolute atomic E-state index is 6.17. The summed E-state index contributed by atoms with van der Waals surface area (Å²) in [5, 5.41) is 0.924. The van der Waals surface area contributed by atoms with Crippen molar-refractivity contribution in [3.63, 3.8) is 0 Å². The molecule has 0 aliphatic carbocycles. The van der Waals surface area contributed by atoms with E-state index in [4.69, 9.17) is 38.2 Å². The molecule has 0 radical (unpaired) electrons. The van der Waals surface area contributed by atoms with Gasteiger partial charge in [0.2, 0.25) is 0 Å². The lowest BCUT2D eigenvalue weighted by atomic mass is 9.79. The number of benzene rings is 1. The number of nitrogens with two attached hydrogens (primary N) is 1. The molecule has 0 atom stereocenters. The monoisotopic (exact) mass is 287 g/mol. The molecule has 0 aromatic heterocycles. The van der Waals surface area contributed by atoms with E-state index in [0.29, 0.717) is 21.2 Å². The molecule has 0 unspecified atom stereocenters. The molecular formula is C12H16BCl2NO2. The van der Waals surface area contributed by atoms with Crippen LogP contribution in [0, 0.1) is 0 Å². The van der Waals surface area contributed by atoms with E-state index in [1.165, 1.54) is 0 Å². The maximum Gasteiger partial charge on any atom is 0.496 e. The highest BCUT2D eigenvalue weighted by Gasteiger charge is 2.52. The van der Waals surface area contributed by atoms with E-state index in [1.54, 1.807) is 12.1 Å². The summed E-state index contributed by atoms with van der Waals surface area (Å²) in [5.74, 6) is 0. The molecular weight excluding hydrogens is 272 g/mol. The Morgan fingerprint density at radius 2 is 1.50 bits per heavy atom. The van der Waals surface area contributed by atoms with Gasteiger partial charge in [-0.15, -0.1) is 0 Å². The Morgan fingerprint density at radius 1 is 1.00 bits per heavy atom. The van der Waals surface area contributed by atoms with Crippen LogP contribution in [0.5, 0.6) is 0 Å². The molecule has 3 nitrogen and oxygen atoms in total. The predicted octanol–water partition coefficient (Wildman–Crippen LogP) is 2.87. The predicted molar refractivity (Wildman–Crippen MR) is 76.6 cm³/mol. The molecule has 0 saturated carbocycles. The normalized spacial score (nSPS) is 21.3. The van der Waals surface area contributed by atoms with Crippen molar-refractivity contribution < 1.29 is 9.31 Å². The van der Waals surface area contributed by atoms with E-state index in [-0.39, 0.29) is 0 Å². The fraction of sp³-hybridized carbons (Fsp3) is 0.500. The number of hydrogen-bond donors (Lipinski definition) is 1. The lowest BCUT2D eigenvalue weighted by Gasteiger charge is -2.32. The molecule has 0 bridgehead atoms. The SMILES string of the molecule is CC1(C)OB(c2cc(N)c(Cl)cc2Cl)OC1(C)C. The summed E-state index contributed by atoms with van der Waals surface area (Å²) in [6, 6.07) is 3.31. The lowest BCUT2D eigenvalue weighted by molar-refractivity contribution is 0.00578. The topological polar surface area (TPSA) is 44.5 Å². The van der Waals surface area contributed by atoms with Crippen LogP contribution >= 0.6 is 23.2 Å². The van der Waals surface area contributed by atoms with Crippen molar-refractivity contribution in [1.82, 2.24) is 0 Å². The van der Waals surface area contributed by atoms with Crippen LogP contribution in [0.15, 0.2) is 12.1 Å². The summed E-state index contributed by atoms with van der Waals surface area (Å²) in [7, 11) is -0.526. The molecule has 2 rings (SSSR count). The van der Waals surface area contributed by atoms with Crippen LogP contribution in [0.4, 0.5) is 5.69 Å². The number of anilines is 1. The van der Waals surface area contributed by atoms with Crippen molar-refractivity contribution in [2.24, 2.45) is 0 Å². The zero-order valence-corrected chi connectivity index (χ0v) is 12.4. The Balaban J connectivity index is 2.38. The largest absolute Gasteiger partial charge is 0.496 e. The van der Waals surface area contributed by atoms with Crippen LogP contribution < -0.4 is 11.2 Å². The molecule has 0 spiro atoms. The second-order valence-electron chi connectivity index (χ2n) is 5.48. The number of nitrogen functional groups attached to an aromatic ring is 1. The second-order valence-corrected chi connectivity index (χ2v) is 6.30. The van der Waals surface area contributed by atoms with Gasteiger partial charge in [0, 0.05) is 10.5 Å². The Bertz CT molecular complexity index is 475. The average molecular weight is 288 g/mol. The van der Waals surface area contributed by atoms with Gasteiger partial charge < -0.3 is 15.0 Å². The van der Waals surface area contributed by atoms with Crippen LogP contribution in [-0.4, -0.2) is 18.3 Å². The molecule has 1 fully saturated rings. The van der Waals surface area contributed by atoms with E-state index in [2.05, 4.69) is 0 Å². The summed E-state index contributed by atoms with van der Waals surface area (Å²) in [4.78, 5) is 0. The van der Waals surface area contributed by atoms with Gasteiger partial charge >= 0.3 is 7.12 Å². The van der Waals surface area contributed by atoms with Gasteiger partial charge in [-0.1, -0.05) is 23.2 Å². The Kier molecular flexibility index (Phi) is 3.35. The highest BCUT2D eigenvalue weighted by molar-refractivity contribution is 6.66. The summed E-state index contributed by atoms with van der Waals surface area (Å²) in [6.07, 6.45) is 0. The molecule has 1 aromatic carbocycles. The van der Waals surface area contributed by atoms with Crippen LogP contribution in [0.2, 0.25) is 10.0 Å². The molecule has 0 amide bonds. The first-order valence-corrected chi connectivity index (χ1v) is 6.50. The summed E-state index contributed by atoms with van der Waals surface area (Å²) in [5.41, 5.74) is 6.15. The van der Waals surface area contributed by atoms with Crippen LogP contribution in [-0.2, 0) is 9.31 Å². The van der Waals surface area contributed by atoms with Gasteiger partial charge in [0.25, 0.3) is 0 Å². The third-order valence-electron chi connectivity index (χ3n) is 3.62. The Labute approximate surface area is 118 Å². The van der Waals surface area contributed by atoms with E-state index in [1.807, 2.05) is 27.7 Å². The smallest absolute Gasteiger partial charge is 0.399 e. The average Bonchev–Trinajstić information content (AvgIpc) is 2.42. The Morgan fingerprint density at radius 3 is 2.00 bits per heavy atom. The van der Waals surface area contributed by atoms with Crippen LogP contribution in [0.3, 0.4) is 0 Å². The van der Waals surface area contributed by atoms with Gasteiger partial charge in [-0.2, -0.15) is 0 Å². The van der Waals surface area contributed by atoms with Crippen molar-refractivity contribution in [2.75, 3.05) is 5.73 Å². The summed E-state index contributed by atoms with van der Waals surface area (Å²) in [6.45, 7) is 7.95. The number of halogens is 2. The fourth-order valence-electron chi connectivity index (χ4n) is 1.73. The van der Waals surface area contributed by atoms with E-state index in [9.17, 15) is 0 Å². The second kappa shape index (κ2) is 4.31. The van der Waals surface area contributed by atoms with E-state index < -0.39 is 18.3 Å². The highest BCUT2D eigenvalue weighted by Crippen LogP contribution is 2.37. The minimum Gasteiger partial charge on any atom is -0.399 e. The molecule has 6 heteroatoms. The molecule has 1 saturated heterocycles. The van der Waals surface area contributed by atoms with Crippen LogP contribution in [0.25, 0.3) is 0 Å². The quantitative estimate of drug-likeness (QED) is 0.638. The third kappa shape index (κ3) is 2.23. The number of rotatable bonds is 1. The third-order valence-corrected chi connectivity index (χ3v) is 4.28. The van der Waals surface area contributed by atoms with Crippen molar-refractivity contribution in [1.29, 1.82) is 0 Å². The van der Waals surface area contributed by atoms with Gasteiger partial charge in [-0.3, -0.25) is 0 Å². The van der Waals surface area contributed by atoms with Crippen molar-refractivity contribution in [2.45, 2.75) is 38.9 Å². The first kappa shape index (κ1) is 14.0. The van der Waals surface area contributed by atoms with Gasteiger partial charge in [0.15, 0.2) is 0 Å². The fourth-order valence-corrected chi connectivity index (χ4v) is 2.21. The maximum atomic E-state index is 6.17. The minimum atomic E-state index is -0.526. The standard InChI is InChI=1S/C12H16BCl2NO2/c1-11(2)12(3,4)18-13(17-11)7-5-10(16)9(15)6-8(7)14/h5-6H,16H2,1-4H3. The Hall–Kier alpha value is -0.415. The van der Waals surface area contributed by atoms with E-state index in [0.717, 1.165) is 0 Å². The number of hydrogen-bond acceptors (Lipinski definition) is 3. The summed E-state index contributed by atoms with van der Waals surface area (Å²) < 4.78 is 11.8. The zero-order chi connectivity index (χ0) is 13.7. The molecule has 1 aromatic rings. The molecule has 98 valence electrons. The molecule has 1 heterocycles. The van der Waals surface area contributed by atoms with Gasteiger partial charge in [-0.05, 0) is 39.8 Å². The van der Waals surface area contributed by atoms with Crippen molar-refractivity contribution >= 4 is 41.5 Å². The molecule has 1 aliphatic heterocycles.